The molecule has 72 valence electrons. The summed E-state index contributed by atoms with van der Waals surface area (Å²) >= 11 is 0. The van der Waals surface area contributed by atoms with Gasteiger partial charge in [0.2, 0.25) is 0 Å². The Balaban J connectivity index is 2.29. The highest BCUT2D eigenvalue weighted by Gasteiger charge is 2.23. The molecule has 1 rings (SSSR count). The van der Waals surface area contributed by atoms with E-state index in [1.54, 1.807) is 0 Å². The lowest BCUT2D eigenvalue weighted by Crippen LogP contribution is -2.34. The van der Waals surface area contributed by atoms with Gasteiger partial charge in [0.15, 0.2) is 0 Å². The standard InChI is InChI=1S/C10H21NO/c1-8-3-2-4-9(7-8)10(11)5-6-12/h8-10,12H,2-7,11H2,1H3. The van der Waals surface area contributed by atoms with Gasteiger partial charge in [-0.3, -0.25) is 0 Å². The number of hydrogen-bond donors (Lipinski definition) is 2. The fourth-order valence-corrected chi connectivity index (χ4v) is 2.25. The maximum Gasteiger partial charge on any atom is 0.0445 e. The van der Waals surface area contributed by atoms with E-state index in [9.17, 15) is 0 Å². The Morgan fingerprint density at radius 1 is 1.50 bits per heavy atom. The van der Waals surface area contributed by atoms with Crippen LogP contribution in [0.2, 0.25) is 0 Å². The van der Waals surface area contributed by atoms with Crippen LogP contribution in [0.4, 0.5) is 0 Å². The van der Waals surface area contributed by atoms with Gasteiger partial charge in [0, 0.05) is 12.6 Å². The van der Waals surface area contributed by atoms with E-state index in [0.29, 0.717) is 5.92 Å². The summed E-state index contributed by atoms with van der Waals surface area (Å²) < 4.78 is 0. The molecule has 0 spiro atoms. The van der Waals surface area contributed by atoms with Crippen LogP contribution in [0.15, 0.2) is 0 Å². The molecule has 2 nitrogen and oxygen atoms in total. The minimum Gasteiger partial charge on any atom is -0.396 e. The number of nitrogens with two attached hydrogens (primary N) is 1. The van der Waals surface area contributed by atoms with Crippen molar-refractivity contribution in [2.75, 3.05) is 6.61 Å². The van der Waals surface area contributed by atoms with Gasteiger partial charge in [0.25, 0.3) is 0 Å². The number of rotatable bonds is 3. The normalized spacial score (nSPS) is 33.2. The van der Waals surface area contributed by atoms with Crippen molar-refractivity contribution in [1.29, 1.82) is 0 Å². The highest BCUT2D eigenvalue weighted by Crippen LogP contribution is 2.30. The van der Waals surface area contributed by atoms with E-state index in [4.69, 9.17) is 10.8 Å². The second kappa shape index (κ2) is 4.83. The molecule has 3 atom stereocenters. The lowest BCUT2D eigenvalue weighted by Gasteiger charge is -2.30. The van der Waals surface area contributed by atoms with Gasteiger partial charge in [-0.05, 0) is 31.1 Å². The van der Waals surface area contributed by atoms with E-state index in [1.165, 1.54) is 25.7 Å². The van der Waals surface area contributed by atoms with Gasteiger partial charge in [-0.2, -0.15) is 0 Å². The van der Waals surface area contributed by atoms with E-state index in [0.717, 1.165) is 12.3 Å². The molecule has 3 unspecified atom stereocenters. The molecule has 0 radical (unpaired) electrons. The first-order chi connectivity index (χ1) is 5.74. The number of aliphatic hydroxyl groups excluding tert-OH is 1. The fourth-order valence-electron chi connectivity index (χ4n) is 2.25. The summed E-state index contributed by atoms with van der Waals surface area (Å²) in [7, 11) is 0. The smallest absolute Gasteiger partial charge is 0.0445 e. The van der Waals surface area contributed by atoms with Gasteiger partial charge in [0.05, 0.1) is 0 Å². The molecule has 1 fully saturated rings. The minimum absolute atomic E-state index is 0.234. The third-order valence-electron chi connectivity index (χ3n) is 3.04. The highest BCUT2D eigenvalue weighted by molar-refractivity contribution is 4.78. The van der Waals surface area contributed by atoms with Crippen molar-refractivity contribution in [3.05, 3.63) is 0 Å². The molecule has 0 aromatic heterocycles. The van der Waals surface area contributed by atoms with E-state index in [2.05, 4.69) is 6.92 Å². The second-order valence-corrected chi connectivity index (χ2v) is 4.21. The molecule has 1 aliphatic rings. The SMILES string of the molecule is CC1CCCC(C(N)CCO)C1. The van der Waals surface area contributed by atoms with Crippen LogP contribution in [0.25, 0.3) is 0 Å². The Bertz CT molecular complexity index is 127. The number of hydrogen-bond acceptors (Lipinski definition) is 2. The van der Waals surface area contributed by atoms with Gasteiger partial charge in [-0.15, -0.1) is 0 Å². The summed E-state index contributed by atoms with van der Waals surface area (Å²) in [6, 6.07) is 0.234. The van der Waals surface area contributed by atoms with Crippen molar-refractivity contribution >= 4 is 0 Å². The Morgan fingerprint density at radius 2 is 2.25 bits per heavy atom. The van der Waals surface area contributed by atoms with E-state index >= 15 is 0 Å². The molecule has 0 bridgehead atoms. The van der Waals surface area contributed by atoms with Gasteiger partial charge >= 0.3 is 0 Å². The summed E-state index contributed by atoms with van der Waals surface area (Å²) in [6.07, 6.45) is 6.00. The lowest BCUT2D eigenvalue weighted by atomic mass is 9.78. The van der Waals surface area contributed by atoms with Gasteiger partial charge in [-0.25, -0.2) is 0 Å². The third-order valence-corrected chi connectivity index (χ3v) is 3.04. The average molecular weight is 171 g/mol. The molecule has 1 aliphatic carbocycles. The van der Waals surface area contributed by atoms with E-state index < -0.39 is 0 Å². The summed E-state index contributed by atoms with van der Waals surface area (Å²) in [4.78, 5) is 0. The molecule has 0 saturated heterocycles. The Labute approximate surface area is 75.2 Å². The Morgan fingerprint density at radius 3 is 2.83 bits per heavy atom. The zero-order valence-electron chi connectivity index (χ0n) is 8.00. The fraction of sp³-hybridized carbons (Fsp3) is 1.00. The van der Waals surface area contributed by atoms with Crippen molar-refractivity contribution in [3.63, 3.8) is 0 Å². The lowest BCUT2D eigenvalue weighted by molar-refractivity contribution is 0.206. The van der Waals surface area contributed by atoms with Crippen molar-refractivity contribution in [3.8, 4) is 0 Å². The van der Waals surface area contributed by atoms with Crippen molar-refractivity contribution in [1.82, 2.24) is 0 Å². The molecule has 3 N–H and O–H groups in total. The zero-order valence-corrected chi connectivity index (χ0v) is 8.00. The maximum atomic E-state index is 8.75. The molecule has 12 heavy (non-hydrogen) atoms. The van der Waals surface area contributed by atoms with Crippen LogP contribution in [-0.4, -0.2) is 17.8 Å². The molecule has 0 amide bonds. The van der Waals surface area contributed by atoms with Crippen LogP contribution in [0.5, 0.6) is 0 Å². The summed E-state index contributed by atoms with van der Waals surface area (Å²) in [5, 5.41) is 8.75. The van der Waals surface area contributed by atoms with Crippen LogP contribution < -0.4 is 5.73 Å². The zero-order chi connectivity index (χ0) is 8.97. The number of aliphatic hydroxyl groups is 1. The van der Waals surface area contributed by atoms with Crippen LogP contribution in [0, 0.1) is 11.8 Å². The Kier molecular flexibility index (Phi) is 4.02. The molecule has 1 saturated carbocycles. The van der Waals surface area contributed by atoms with Gasteiger partial charge in [-0.1, -0.05) is 19.8 Å². The third kappa shape index (κ3) is 2.76. The second-order valence-electron chi connectivity index (χ2n) is 4.21. The molecule has 2 heteroatoms. The quantitative estimate of drug-likeness (QED) is 0.676. The first kappa shape index (κ1) is 10.0. The Hall–Kier alpha value is -0.0800. The topological polar surface area (TPSA) is 46.2 Å². The molecule has 0 aromatic rings. The molecule has 0 aliphatic heterocycles. The predicted molar refractivity (Wildman–Crippen MR) is 50.8 cm³/mol. The first-order valence-corrected chi connectivity index (χ1v) is 5.10. The van der Waals surface area contributed by atoms with Crippen LogP contribution in [0.3, 0.4) is 0 Å². The minimum atomic E-state index is 0.234. The van der Waals surface area contributed by atoms with Gasteiger partial charge < -0.3 is 10.8 Å². The van der Waals surface area contributed by atoms with Crippen LogP contribution >= 0.6 is 0 Å². The van der Waals surface area contributed by atoms with Crippen LogP contribution in [-0.2, 0) is 0 Å². The van der Waals surface area contributed by atoms with Crippen LogP contribution in [0.1, 0.15) is 39.0 Å². The molecule has 0 heterocycles. The van der Waals surface area contributed by atoms with E-state index in [-0.39, 0.29) is 12.6 Å². The molecular formula is C10H21NO. The molecule has 0 aromatic carbocycles. The largest absolute Gasteiger partial charge is 0.396 e. The summed E-state index contributed by atoms with van der Waals surface area (Å²) in [6.45, 7) is 2.55. The van der Waals surface area contributed by atoms with Crippen molar-refractivity contribution in [2.24, 2.45) is 17.6 Å². The van der Waals surface area contributed by atoms with Crippen molar-refractivity contribution in [2.45, 2.75) is 45.1 Å². The summed E-state index contributed by atoms with van der Waals surface area (Å²) in [5.74, 6) is 1.51. The predicted octanol–water partition coefficient (Wildman–Crippen LogP) is 1.52. The summed E-state index contributed by atoms with van der Waals surface area (Å²) in [5.41, 5.74) is 5.96. The van der Waals surface area contributed by atoms with Gasteiger partial charge in [0.1, 0.15) is 0 Å². The molecular weight excluding hydrogens is 150 g/mol. The monoisotopic (exact) mass is 171 g/mol. The highest BCUT2D eigenvalue weighted by atomic mass is 16.3. The van der Waals surface area contributed by atoms with E-state index in [1.807, 2.05) is 0 Å². The average Bonchev–Trinajstić information content (AvgIpc) is 2.05. The first-order valence-electron chi connectivity index (χ1n) is 5.10. The van der Waals surface area contributed by atoms with Crippen molar-refractivity contribution < 1.29 is 5.11 Å². The maximum absolute atomic E-state index is 8.75.